The SMILES string of the molecule is CC1(CN=C=O)CCCCC1(C)CN=C=O. The van der Waals surface area contributed by atoms with Crippen molar-refractivity contribution >= 4 is 12.2 Å². The maximum Gasteiger partial charge on any atom is 0.234 e. The molecule has 0 aromatic rings. The molecule has 2 atom stereocenters. The van der Waals surface area contributed by atoms with Gasteiger partial charge >= 0.3 is 0 Å². The first-order valence-electron chi connectivity index (χ1n) is 5.65. The number of nitrogens with zero attached hydrogens (tertiary/aromatic N) is 2. The molecule has 0 saturated heterocycles. The molecule has 16 heavy (non-hydrogen) atoms. The van der Waals surface area contributed by atoms with Gasteiger partial charge in [-0.3, -0.25) is 0 Å². The third-order valence-electron chi connectivity index (χ3n) is 4.15. The Morgan fingerprint density at radius 2 is 1.31 bits per heavy atom. The molecule has 0 N–H and O–H groups in total. The number of hydrogen-bond donors (Lipinski definition) is 0. The highest BCUT2D eigenvalue weighted by molar-refractivity contribution is 5.34. The monoisotopic (exact) mass is 222 g/mol. The van der Waals surface area contributed by atoms with Crippen molar-refractivity contribution in [1.82, 2.24) is 0 Å². The fourth-order valence-corrected chi connectivity index (χ4v) is 2.59. The lowest BCUT2D eigenvalue weighted by Gasteiger charge is -2.48. The van der Waals surface area contributed by atoms with Crippen LogP contribution in [0.1, 0.15) is 39.5 Å². The molecule has 2 unspecified atom stereocenters. The molecule has 1 aliphatic rings. The smallest absolute Gasteiger partial charge is 0.211 e. The molecule has 0 bridgehead atoms. The van der Waals surface area contributed by atoms with Crippen LogP contribution in [0.2, 0.25) is 0 Å². The van der Waals surface area contributed by atoms with Crippen LogP contribution >= 0.6 is 0 Å². The minimum absolute atomic E-state index is 0.0665. The Bertz CT molecular complexity index is 309. The maximum atomic E-state index is 10.2. The van der Waals surface area contributed by atoms with Gasteiger partial charge in [-0.25, -0.2) is 19.6 Å². The standard InChI is InChI=1S/C12H18N2O2/c1-11(7-13-9-15)5-3-4-6-12(11,2)8-14-10-16/h3-8H2,1-2H3. The van der Waals surface area contributed by atoms with Crippen LogP contribution in [0.5, 0.6) is 0 Å². The van der Waals surface area contributed by atoms with Crippen LogP contribution < -0.4 is 0 Å². The van der Waals surface area contributed by atoms with E-state index in [2.05, 4.69) is 23.8 Å². The van der Waals surface area contributed by atoms with Crippen LogP contribution in [0.4, 0.5) is 0 Å². The molecule has 0 heterocycles. The first-order valence-corrected chi connectivity index (χ1v) is 5.65. The summed E-state index contributed by atoms with van der Waals surface area (Å²) in [6.45, 7) is 5.18. The zero-order chi connectivity index (χ0) is 12.1. The summed E-state index contributed by atoms with van der Waals surface area (Å²) in [7, 11) is 0. The van der Waals surface area contributed by atoms with Gasteiger partial charge in [0.05, 0.1) is 13.1 Å². The molecule has 1 aliphatic carbocycles. The summed E-state index contributed by atoms with van der Waals surface area (Å²) in [4.78, 5) is 27.9. The highest BCUT2D eigenvalue weighted by atomic mass is 16.1. The van der Waals surface area contributed by atoms with Crippen molar-refractivity contribution < 1.29 is 9.59 Å². The Hall–Kier alpha value is -1.24. The molecular formula is C12H18N2O2. The Balaban J connectivity index is 2.91. The van der Waals surface area contributed by atoms with E-state index in [4.69, 9.17) is 0 Å². The molecule has 0 spiro atoms. The molecule has 0 aromatic carbocycles. The lowest BCUT2D eigenvalue weighted by molar-refractivity contribution is 0.0333. The Kier molecular flexibility index (Phi) is 4.17. The third kappa shape index (κ3) is 2.46. The summed E-state index contributed by atoms with van der Waals surface area (Å²) >= 11 is 0. The summed E-state index contributed by atoms with van der Waals surface area (Å²) < 4.78 is 0. The quantitative estimate of drug-likeness (QED) is 0.541. The predicted octanol–water partition coefficient (Wildman–Crippen LogP) is 2.24. The minimum atomic E-state index is -0.0665. The van der Waals surface area contributed by atoms with Crippen LogP contribution in [0.15, 0.2) is 9.98 Å². The number of hydrogen-bond acceptors (Lipinski definition) is 4. The van der Waals surface area contributed by atoms with Crippen molar-refractivity contribution in [3.63, 3.8) is 0 Å². The number of rotatable bonds is 4. The Morgan fingerprint density at radius 3 is 1.62 bits per heavy atom. The Morgan fingerprint density at radius 1 is 0.938 bits per heavy atom. The van der Waals surface area contributed by atoms with Gasteiger partial charge in [-0.05, 0) is 23.7 Å². The molecule has 1 fully saturated rings. The van der Waals surface area contributed by atoms with E-state index in [1.54, 1.807) is 12.2 Å². The largest absolute Gasteiger partial charge is 0.234 e. The van der Waals surface area contributed by atoms with Gasteiger partial charge in [0.25, 0.3) is 0 Å². The average Bonchev–Trinajstić information content (AvgIpc) is 2.28. The molecule has 0 radical (unpaired) electrons. The lowest BCUT2D eigenvalue weighted by atomic mass is 9.57. The Labute approximate surface area is 95.9 Å². The molecule has 88 valence electrons. The fraction of sp³-hybridized carbons (Fsp3) is 0.833. The van der Waals surface area contributed by atoms with E-state index in [0.29, 0.717) is 13.1 Å². The van der Waals surface area contributed by atoms with Gasteiger partial charge in [-0.15, -0.1) is 0 Å². The van der Waals surface area contributed by atoms with E-state index in [-0.39, 0.29) is 10.8 Å². The maximum absolute atomic E-state index is 10.2. The van der Waals surface area contributed by atoms with Gasteiger partial charge in [0.2, 0.25) is 12.2 Å². The van der Waals surface area contributed by atoms with Crippen LogP contribution in [0, 0.1) is 10.8 Å². The van der Waals surface area contributed by atoms with Crippen molar-refractivity contribution in [3.8, 4) is 0 Å². The molecule has 4 nitrogen and oxygen atoms in total. The van der Waals surface area contributed by atoms with Gasteiger partial charge in [-0.1, -0.05) is 26.7 Å². The number of isocyanates is 2. The second-order valence-corrected chi connectivity index (χ2v) is 5.14. The van der Waals surface area contributed by atoms with E-state index in [0.717, 1.165) is 25.7 Å². The van der Waals surface area contributed by atoms with Crippen molar-refractivity contribution in [1.29, 1.82) is 0 Å². The van der Waals surface area contributed by atoms with Crippen molar-refractivity contribution in [2.45, 2.75) is 39.5 Å². The van der Waals surface area contributed by atoms with E-state index in [1.165, 1.54) is 0 Å². The molecule has 1 rings (SSSR count). The summed E-state index contributed by atoms with van der Waals surface area (Å²) in [5.74, 6) is 0. The van der Waals surface area contributed by atoms with Gasteiger partial charge in [0.15, 0.2) is 0 Å². The summed E-state index contributed by atoms with van der Waals surface area (Å²) in [5.41, 5.74) is -0.133. The second kappa shape index (κ2) is 5.20. The van der Waals surface area contributed by atoms with Crippen molar-refractivity contribution in [3.05, 3.63) is 0 Å². The number of carbonyl (C=O) groups excluding carboxylic acids is 2. The zero-order valence-corrected chi connectivity index (χ0v) is 9.95. The zero-order valence-electron chi connectivity index (χ0n) is 9.95. The third-order valence-corrected chi connectivity index (χ3v) is 4.15. The van der Waals surface area contributed by atoms with Crippen LogP contribution in [-0.2, 0) is 9.59 Å². The van der Waals surface area contributed by atoms with Crippen LogP contribution in [0.25, 0.3) is 0 Å². The van der Waals surface area contributed by atoms with E-state index in [9.17, 15) is 9.59 Å². The predicted molar refractivity (Wildman–Crippen MR) is 60.7 cm³/mol. The molecule has 0 amide bonds. The molecule has 1 saturated carbocycles. The number of aliphatic imine (C=N–C) groups is 2. The minimum Gasteiger partial charge on any atom is -0.211 e. The second-order valence-electron chi connectivity index (χ2n) is 5.14. The summed E-state index contributed by atoms with van der Waals surface area (Å²) in [6, 6.07) is 0. The first kappa shape index (κ1) is 12.8. The fourth-order valence-electron chi connectivity index (χ4n) is 2.59. The highest BCUT2D eigenvalue weighted by Gasteiger charge is 2.45. The first-order chi connectivity index (χ1) is 7.58. The van der Waals surface area contributed by atoms with Gasteiger partial charge < -0.3 is 0 Å². The van der Waals surface area contributed by atoms with Gasteiger partial charge in [0.1, 0.15) is 0 Å². The topological polar surface area (TPSA) is 58.9 Å². The van der Waals surface area contributed by atoms with E-state index >= 15 is 0 Å². The molecule has 4 heteroatoms. The van der Waals surface area contributed by atoms with Crippen molar-refractivity contribution in [2.75, 3.05) is 13.1 Å². The van der Waals surface area contributed by atoms with Crippen LogP contribution in [0.3, 0.4) is 0 Å². The average molecular weight is 222 g/mol. The van der Waals surface area contributed by atoms with E-state index in [1.807, 2.05) is 0 Å². The molecule has 0 aromatic heterocycles. The van der Waals surface area contributed by atoms with E-state index < -0.39 is 0 Å². The van der Waals surface area contributed by atoms with Gasteiger partial charge in [0, 0.05) is 0 Å². The van der Waals surface area contributed by atoms with Crippen LogP contribution in [-0.4, -0.2) is 25.2 Å². The normalized spacial score (nSPS) is 33.6. The lowest BCUT2D eigenvalue weighted by Crippen LogP contribution is -2.44. The van der Waals surface area contributed by atoms with Gasteiger partial charge in [-0.2, -0.15) is 0 Å². The highest BCUT2D eigenvalue weighted by Crippen LogP contribution is 2.50. The molecular weight excluding hydrogens is 204 g/mol. The molecule has 0 aliphatic heterocycles. The van der Waals surface area contributed by atoms with Crippen molar-refractivity contribution in [2.24, 2.45) is 20.8 Å². The summed E-state index contributed by atoms with van der Waals surface area (Å²) in [5, 5.41) is 0. The summed E-state index contributed by atoms with van der Waals surface area (Å²) in [6.07, 6.45) is 7.52.